The van der Waals surface area contributed by atoms with Crippen molar-refractivity contribution in [3.05, 3.63) is 20.2 Å². The molecule has 1 atom stereocenters. The predicted octanol–water partition coefficient (Wildman–Crippen LogP) is -1.99. The van der Waals surface area contributed by atoms with Crippen LogP contribution in [-0.2, 0) is 9.68 Å². The third-order valence-electron chi connectivity index (χ3n) is 0.923. The van der Waals surface area contributed by atoms with Crippen LogP contribution < -0.4 is 5.73 Å². The SMILES string of the molecule is [NH3+]C[C@H](CO[N+](=O)[O-])O[N+](=O)[O-]. The Bertz CT molecular complexity index is 171. The van der Waals surface area contributed by atoms with Crippen molar-refractivity contribution in [2.75, 3.05) is 13.2 Å². The van der Waals surface area contributed by atoms with Crippen LogP contribution in [0.25, 0.3) is 0 Å². The van der Waals surface area contributed by atoms with Crippen LogP contribution in [-0.4, -0.2) is 29.4 Å². The zero-order valence-corrected chi connectivity index (χ0v) is 6.04. The molecule has 0 saturated carbocycles. The molecule has 0 unspecified atom stereocenters. The van der Waals surface area contributed by atoms with Gasteiger partial charge in [0.15, 0.2) is 6.10 Å². The molecular weight excluding hydrogens is 174 g/mol. The highest BCUT2D eigenvalue weighted by Crippen LogP contribution is 1.90. The van der Waals surface area contributed by atoms with Gasteiger partial charge in [-0.1, -0.05) is 0 Å². The zero-order valence-electron chi connectivity index (χ0n) is 6.04. The van der Waals surface area contributed by atoms with Crippen LogP contribution in [0.15, 0.2) is 0 Å². The minimum atomic E-state index is -1.05. The normalized spacial score (nSPS) is 11.8. The maximum Gasteiger partial charge on any atom is 0.295 e. The molecule has 0 fully saturated rings. The monoisotopic (exact) mass is 182 g/mol. The Morgan fingerprint density at radius 1 is 1.33 bits per heavy atom. The summed E-state index contributed by atoms with van der Waals surface area (Å²) in [6.07, 6.45) is -0.995. The number of rotatable bonds is 6. The molecule has 9 nitrogen and oxygen atoms in total. The highest BCUT2D eigenvalue weighted by atomic mass is 17.0. The van der Waals surface area contributed by atoms with Crippen LogP contribution in [0, 0.1) is 20.2 Å². The van der Waals surface area contributed by atoms with Gasteiger partial charge in [-0.25, -0.2) is 0 Å². The van der Waals surface area contributed by atoms with Gasteiger partial charge in [0.2, 0.25) is 0 Å². The fourth-order valence-corrected chi connectivity index (χ4v) is 0.432. The molecule has 0 radical (unpaired) electrons. The van der Waals surface area contributed by atoms with Crippen molar-refractivity contribution in [2.24, 2.45) is 0 Å². The summed E-state index contributed by atoms with van der Waals surface area (Å²) in [7, 11) is 0. The zero-order chi connectivity index (χ0) is 9.56. The molecule has 0 aliphatic carbocycles. The van der Waals surface area contributed by atoms with Gasteiger partial charge in [0.1, 0.15) is 13.2 Å². The quantitative estimate of drug-likeness (QED) is 0.373. The van der Waals surface area contributed by atoms with Crippen molar-refractivity contribution in [3.63, 3.8) is 0 Å². The number of quaternary nitrogens is 1. The van der Waals surface area contributed by atoms with E-state index >= 15 is 0 Å². The Kier molecular flexibility index (Phi) is 4.38. The third kappa shape index (κ3) is 5.17. The van der Waals surface area contributed by atoms with Gasteiger partial charge in [-0.15, -0.1) is 20.2 Å². The molecule has 0 bridgehead atoms. The third-order valence-corrected chi connectivity index (χ3v) is 0.923. The highest BCUT2D eigenvalue weighted by molar-refractivity contribution is 4.46. The fourth-order valence-electron chi connectivity index (χ4n) is 0.432. The molecule has 0 spiro atoms. The van der Waals surface area contributed by atoms with E-state index in [1.807, 2.05) is 0 Å². The lowest BCUT2D eigenvalue weighted by Crippen LogP contribution is -2.57. The maximum atomic E-state index is 9.74. The Balaban J connectivity index is 3.67. The van der Waals surface area contributed by atoms with Gasteiger partial charge in [-0.3, -0.25) is 0 Å². The molecule has 0 aromatic carbocycles. The van der Waals surface area contributed by atoms with Crippen molar-refractivity contribution in [1.82, 2.24) is 0 Å². The topological polar surface area (TPSA) is 132 Å². The molecule has 0 saturated heterocycles. The molecule has 0 aromatic rings. The smallest absolute Gasteiger partial charge is 0.295 e. The first-order valence-electron chi connectivity index (χ1n) is 2.94. The van der Waals surface area contributed by atoms with E-state index in [9.17, 15) is 20.2 Å². The minimum absolute atomic E-state index is 0.0226. The summed E-state index contributed by atoms with van der Waals surface area (Å²) >= 11 is 0. The highest BCUT2D eigenvalue weighted by Gasteiger charge is 2.15. The lowest BCUT2D eigenvalue weighted by Gasteiger charge is -2.07. The van der Waals surface area contributed by atoms with E-state index in [-0.39, 0.29) is 6.54 Å². The van der Waals surface area contributed by atoms with Crippen molar-refractivity contribution in [2.45, 2.75) is 6.10 Å². The van der Waals surface area contributed by atoms with Gasteiger partial charge in [-0.2, -0.15) is 0 Å². The van der Waals surface area contributed by atoms with Gasteiger partial charge in [0.25, 0.3) is 10.2 Å². The molecule has 0 heterocycles. The first kappa shape index (κ1) is 10.4. The van der Waals surface area contributed by atoms with E-state index in [4.69, 9.17) is 0 Å². The first-order valence-corrected chi connectivity index (χ1v) is 2.94. The standard InChI is InChI=1S/C3H7N3O6/c4-1-3(12-6(9)10)2-11-5(7)8/h3H,1-2,4H2/p+1/t3-/m1/s1. The largest absolute Gasteiger partial charge is 0.356 e. The molecule has 12 heavy (non-hydrogen) atoms. The van der Waals surface area contributed by atoms with E-state index in [2.05, 4.69) is 15.4 Å². The predicted molar refractivity (Wildman–Crippen MR) is 32.6 cm³/mol. The summed E-state index contributed by atoms with van der Waals surface area (Å²) < 4.78 is 0. The van der Waals surface area contributed by atoms with E-state index in [1.165, 1.54) is 0 Å². The van der Waals surface area contributed by atoms with Gasteiger partial charge in [0.05, 0.1) is 0 Å². The molecular formula is C3H8N3O6+. The first-order chi connectivity index (χ1) is 5.56. The van der Waals surface area contributed by atoms with E-state index < -0.39 is 22.9 Å². The Labute approximate surface area is 66.3 Å². The van der Waals surface area contributed by atoms with Crippen LogP contribution in [0.3, 0.4) is 0 Å². The van der Waals surface area contributed by atoms with E-state index in [0.717, 1.165) is 0 Å². The summed E-state index contributed by atoms with van der Waals surface area (Å²) in [5.74, 6) is 0. The molecule has 0 aliphatic rings. The van der Waals surface area contributed by atoms with Crippen LogP contribution >= 0.6 is 0 Å². The van der Waals surface area contributed by atoms with Crippen LogP contribution in [0.4, 0.5) is 0 Å². The second-order valence-corrected chi connectivity index (χ2v) is 1.76. The van der Waals surface area contributed by atoms with Gasteiger partial charge < -0.3 is 15.4 Å². The molecule has 0 amide bonds. The molecule has 0 rings (SSSR count). The second kappa shape index (κ2) is 5.07. The summed E-state index contributed by atoms with van der Waals surface area (Å²) in [6.45, 7) is -0.466. The number of hydrogen-bond acceptors (Lipinski definition) is 6. The average molecular weight is 182 g/mol. The van der Waals surface area contributed by atoms with E-state index in [1.54, 1.807) is 0 Å². The summed E-state index contributed by atoms with van der Waals surface area (Å²) in [4.78, 5) is 27.2. The van der Waals surface area contributed by atoms with Crippen LogP contribution in [0.2, 0.25) is 0 Å². The van der Waals surface area contributed by atoms with Gasteiger partial charge in [0, 0.05) is 0 Å². The molecule has 9 heteroatoms. The maximum absolute atomic E-state index is 9.74. The Hall–Kier alpha value is -1.64. The molecule has 0 aromatic heterocycles. The lowest BCUT2D eigenvalue weighted by atomic mass is 10.4. The molecule has 3 N–H and O–H groups in total. The van der Waals surface area contributed by atoms with Crippen LogP contribution in [0.5, 0.6) is 0 Å². The van der Waals surface area contributed by atoms with Gasteiger partial charge >= 0.3 is 0 Å². The second-order valence-electron chi connectivity index (χ2n) is 1.76. The average Bonchev–Trinajstić information content (AvgIpc) is 1.97. The Morgan fingerprint density at radius 3 is 2.25 bits per heavy atom. The number of nitrogens with zero attached hydrogens (tertiary/aromatic N) is 2. The minimum Gasteiger partial charge on any atom is -0.356 e. The molecule has 70 valence electrons. The van der Waals surface area contributed by atoms with Gasteiger partial charge in [-0.05, 0) is 0 Å². The van der Waals surface area contributed by atoms with Crippen molar-refractivity contribution in [1.29, 1.82) is 0 Å². The van der Waals surface area contributed by atoms with Crippen molar-refractivity contribution in [3.8, 4) is 0 Å². The summed E-state index contributed by atoms with van der Waals surface area (Å²) in [5, 5.41) is 17.3. The summed E-state index contributed by atoms with van der Waals surface area (Å²) in [5.41, 5.74) is 3.28. The van der Waals surface area contributed by atoms with Crippen molar-refractivity contribution < 1.29 is 25.6 Å². The van der Waals surface area contributed by atoms with Crippen molar-refractivity contribution >= 4 is 0 Å². The number of hydrogen-bond donors (Lipinski definition) is 1. The fraction of sp³-hybridized carbons (Fsp3) is 1.00. The summed E-state index contributed by atoms with van der Waals surface area (Å²) in [6, 6.07) is 0. The Morgan fingerprint density at radius 2 is 1.92 bits per heavy atom. The lowest BCUT2D eigenvalue weighted by molar-refractivity contribution is -0.793. The van der Waals surface area contributed by atoms with E-state index in [0.29, 0.717) is 0 Å². The molecule has 0 aliphatic heterocycles. The van der Waals surface area contributed by atoms with Crippen LogP contribution in [0.1, 0.15) is 0 Å².